The maximum Gasteiger partial charge on any atom is 0.412 e. The van der Waals surface area contributed by atoms with Gasteiger partial charge in [0.15, 0.2) is 0 Å². The predicted molar refractivity (Wildman–Crippen MR) is 133 cm³/mol. The highest BCUT2D eigenvalue weighted by Gasteiger charge is 2.17. The van der Waals surface area contributed by atoms with Gasteiger partial charge in [0.2, 0.25) is 0 Å². The summed E-state index contributed by atoms with van der Waals surface area (Å²) in [6, 6.07) is 21.4. The summed E-state index contributed by atoms with van der Waals surface area (Å²) in [5.74, 6) is 0.463. The Labute approximate surface area is 193 Å². The first kappa shape index (κ1) is 24.6. The molecule has 0 spiro atoms. The number of carbonyl (C=O) groups is 1. The number of aromatic hydroxyl groups is 2. The molecule has 0 aliphatic heterocycles. The molecule has 4 rings (SSSR count). The molecule has 0 aliphatic carbocycles. The van der Waals surface area contributed by atoms with Gasteiger partial charge in [0, 0.05) is 27.2 Å². The number of nitrogens with one attached hydrogen (secondary N) is 1. The molecule has 168 valence electrons. The van der Waals surface area contributed by atoms with Crippen LogP contribution in [0, 0.1) is 0 Å². The lowest BCUT2D eigenvalue weighted by Gasteiger charge is -2.20. The lowest BCUT2D eigenvalue weighted by atomic mass is 10.1. The first-order chi connectivity index (χ1) is 14.7. The number of phenols is 2. The zero-order valence-electron chi connectivity index (χ0n) is 18.1. The first-order valence-electron chi connectivity index (χ1n) is 9.82. The number of nitrogens with two attached hydrogens (primary N) is 1. The number of fused-ring (bicyclic) bond motifs is 2. The second-order valence-electron chi connectivity index (χ2n) is 8.02. The van der Waals surface area contributed by atoms with E-state index in [1.54, 1.807) is 30.3 Å². The van der Waals surface area contributed by atoms with Crippen LogP contribution in [0.25, 0.3) is 21.5 Å². The molecule has 0 saturated heterocycles. The number of rotatable bonds is 1. The van der Waals surface area contributed by atoms with Crippen LogP contribution < -0.4 is 11.1 Å². The van der Waals surface area contributed by atoms with Gasteiger partial charge in [-0.2, -0.15) is 0 Å². The number of hydrogen-bond donors (Lipinski definition) is 4. The third-order valence-corrected chi connectivity index (χ3v) is 4.47. The van der Waals surface area contributed by atoms with Crippen molar-refractivity contribution in [3.63, 3.8) is 0 Å². The minimum atomic E-state index is -0.545. The van der Waals surface area contributed by atoms with Gasteiger partial charge in [0.25, 0.3) is 0 Å². The summed E-state index contributed by atoms with van der Waals surface area (Å²) in [6.07, 6.45) is -0.511. The SMILES string of the molecule is CC(C)(C)OC(=O)Nc1ccc(O)c2ccccc12.Cl.Nc1ccc(O)c2ccccc12. The largest absolute Gasteiger partial charge is 0.507 e. The second kappa shape index (κ2) is 10.1. The Kier molecular flexibility index (Phi) is 7.78. The molecule has 6 nitrogen and oxygen atoms in total. The number of halogens is 1. The van der Waals surface area contributed by atoms with Crippen LogP contribution in [-0.2, 0) is 4.74 Å². The van der Waals surface area contributed by atoms with E-state index in [9.17, 15) is 15.0 Å². The van der Waals surface area contributed by atoms with Crippen LogP contribution in [0.2, 0.25) is 0 Å². The first-order valence-corrected chi connectivity index (χ1v) is 9.82. The van der Waals surface area contributed by atoms with E-state index in [-0.39, 0.29) is 23.9 Å². The predicted octanol–water partition coefficient (Wildman–Crippen LogP) is 6.44. The van der Waals surface area contributed by atoms with Crippen LogP contribution in [0.15, 0.2) is 72.8 Å². The normalized spacial score (nSPS) is 10.6. The van der Waals surface area contributed by atoms with Gasteiger partial charge in [0.05, 0.1) is 5.69 Å². The highest BCUT2D eigenvalue weighted by atomic mass is 35.5. The Balaban J connectivity index is 0.000000241. The minimum absolute atomic E-state index is 0. The summed E-state index contributed by atoms with van der Waals surface area (Å²) in [6.45, 7) is 5.42. The van der Waals surface area contributed by atoms with E-state index in [1.807, 2.05) is 63.2 Å². The zero-order valence-corrected chi connectivity index (χ0v) is 18.9. The van der Waals surface area contributed by atoms with E-state index >= 15 is 0 Å². The van der Waals surface area contributed by atoms with E-state index in [1.165, 1.54) is 0 Å². The van der Waals surface area contributed by atoms with E-state index in [0.29, 0.717) is 16.8 Å². The van der Waals surface area contributed by atoms with E-state index in [4.69, 9.17) is 10.5 Å². The van der Waals surface area contributed by atoms with Crippen molar-refractivity contribution in [2.45, 2.75) is 26.4 Å². The molecule has 7 heteroatoms. The van der Waals surface area contributed by atoms with Crippen LogP contribution in [0.3, 0.4) is 0 Å². The van der Waals surface area contributed by atoms with Crippen molar-refractivity contribution in [2.75, 3.05) is 11.1 Å². The molecule has 0 aliphatic rings. The summed E-state index contributed by atoms with van der Waals surface area (Å²) in [7, 11) is 0. The summed E-state index contributed by atoms with van der Waals surface area (Å²) in [5.41, 5.74) is 6.48. The Morgan fingerprint density at radius 3 is 1.78 bits per heavy atom. The third-order valence-electron chi connectivity index (χ3n) is 4.47. The molecular weight excluding hydrogens is 428 g/mol. The van der Waals surface area contributed by atoms with Crippen LogP contribution in [0.1, 0.15) is 20.8 Å². The molecule has 0 unspecified atom stereocenters. The van der Waals surface area contributed by atoms with Gasteiger partial charge in [-0.3, -0.25) is 5.32 Å². The summed E-state index contributed by atoms with van der Waals surface area (Å²) < 4.78 is 5.21. The molecule has 1 amide bonds. The molecule has 32 heavy (non-hydrogen) atoms. The Bertz CT molecular complexity index is 1200. The standard InChI is InChI=1S/C15H17NO3.C10H9NO.ClH/c1-15(2,3)19-14(18)16-12-8-9-13(17)11-7-5-4-6-10(11)12;11-9-5-6-10(12)8-4-2-1-3-7(8)9;/h4-9,17H,1-3H3,(H,16,18);1-6,12H,11H2;1H. The highest BCUT2D eigenvalue weighted by molar-refractivity contribution is 6.02. The molecule has 0 heterocycles. The van der Waals surface area contributed by atoms with Crippen LogP contribution >= 0.6 is 12.4 Å². The number of amides is 1. The van der Waals surface area contributed by atoms with E-state index in [2.05, 4.69) is 5.32 Å². The maximum absolute atomic E-state index is 11.8. The van der Waals surface area contributed by atoms with Gasteiger partial charge in [-0.1, -0.05) is 48.5 Å². The van der Waals surface area contributed by atoms with Crippen molar-refractivity contribution in [3.8, 4) is 11.5 Å². The fourth-order valence-electron chi connectivity index (χ4n) is 3.11. The number of benzene rings is 4. The molecule has 0 radical (unpaired) electrons. The molecule has 5 N–H and O–H groups in total. The smallest absolute Gasteiger partial charge is 0.412 e. The van der Waals surface area contributed by atoms with E-state index < -0.39 is 11.7 Å². The molecular formula is C25H27ClN2O4. The maximum atomic E-state index is 11.8. The summed E-state index contributed by atoms with van der Waals surface area (Å²) in [4.78, 5) is 11.8. The second-order valence-corrected chi connectivity index (χ2v) is 8.02. The number of anilines is 2. The average molecular weight is 455 g/mol. The van der Waals surface area contributed by atoms with Gasteiger partial charge < -0.3 is 20.7 Å². The molecule has 0 fully saturated rings. The quantitative estimate of drug-likeness (QED) is 0.195. The number of phenolic OH excluding ortho intramolecular Hbond substituents is 2. The van der Waals surface area contributed by atoms with Crippen molar-refractivity contribution >= 4 is 51.4 Å². The Morgan fingerprint density at radius 1 is 0.781 bits per heavy atom. The molecule has 4 aromatic carbocycles. The zero-order chi connectivity index (χ0) is 22.6. The van der Waals surface area contributed by atoms with Crippen molar-refractivity contribution in [1.82, 2.24) is 0 Å². The highest BCUT2D eigenvalue weighted by Crippen LogP contribution is 2.31. The molecule has 0 atom stereocenters. The number of carbonyl (C=O) groups excluding carboxylic acids is 1. The van der Waals surface area contributed by atoms with Crippen LogP contribution in [0.4, 0.5) is 16.2 Å². The average Bonchev–Trinajstić information content (AvgIpc) is 2.72. The van der Waals surface area contributed by atoms with E-state index in [0.717, 1.165) is 16.2 Å². The topological polar surface area (TPSA) is 105 Å². The molecule has 0 bridgehead atoms. The lowest BCUT2D eigenvalue weighted by Crippen LogP contribution is -2.27. The Morgan fingerprint density at radius 2 is 1.25 bits per heavy atom. The monoisotopic (exact) mass is 454 g/mol. The van der Waals surface area contributed by atoms with Crippen molar-refractivity contribution in [3.05, 3.63) is 72.8 Å². The fourth-order valence-corrected chi connectivity index (χ4v) is 3.11. The van der Waals surface area contributed by atoms with Crippen molar-refractivity contribution in [1.29, 1.82) is 0 Å². The van der Waals surface area contributed by atoms with Gasteiger partial charge >= 0.3 is 6.09 Å². The lowest BCUT2D eigenvalue weighted by molar-refractivity contribution is 0.0636. The van der Waals surface area contributed by atoms with Crippen LogP contribution in [0.5, 0.6) is 11.5 Å². The fraction of sp³-hybridized carbons (Fsp3) is 0.160. The molecule has 0 aromatic heterocycles. The van der Waals surface area contributed by atoms with Crippen molar-refractivity contribution in [2.24, 2.45) is 0 Å². The van der Waals surface area contributed by atoms with Gasteiger partial charge in [0.1, 0.15) is 17.1 Å². The number of hydrogen-bond acceptors (Lipinski definition) is 5. The van der Waals surface area contributed by atoms with Crippen LogP contribution in [-0.4, -0.2) is 21.9 Å². The summed E-state index contributed by atoms with van der Waals surface area (Å²) in [5, 5.41) is 25.1. The van der Waals surface area contributed by atoms with Gasteiger partial charge in [-0.05, 0) is 45.0 Å². The third kappa shape index (κ3) is 5.95. The molecule has 0 saturated carbocycles. The summed E-state index contributed by atoms with van der Waals surface area (Å²) >= 11 is 0. The Hall–Kier alpha value is -3.64. The van der Waals surface area contributed by atoms with Gasteiger partial charge in [-0.25, -0.2) is 4.79 Å². The van der Waals surface area contributed by atoms with Gasteiger partial charge in [-0.15, -0.1) is 12.4 Å². The van der Waals surface area contributed by atoms with Crippen molar-refractivity contribution < 1.29 is 19.7 Å². The molecule has 4 aromatic rings. The number of ether oxygens (including phenoxy) is 1. The minimum Gasteiger partial charge on any atom is -0.507 e. The number of nitrogen functional groups attached to an aromatic ring is 1.